The van der Waals surface area contributed by atoms with Crippen LogP contribution < -0.4 is 39.4 Å². The summed E-state index contributed by atoms with van der Waals surface area (Å²) in [6.07, 6.45) is -6.91. The maximum absolute atomic E-state index is 10.6. The number of rotatable bonds is 4. The largest absolute Gasteiger partial charge is 1.00 e. The zero-order valence-corrected chi connectivity index (χ0v) is 13.8. The van der Waals surface area contributed by atoms with Crippen molar-refractivity contribution in [1.82, 2.24) is 0 Å². The molecule has 4 N–H and O–H groups in total. The predicted octanol–water partition coefficient (Wildman–Crippen LogP) is -5.77. The topological polar surface area (TPSA) is 140 Å². The smallest absolute Gasteiger partial charge is 0.545 e. The van der Waals surface area contributed by atoms with Crippen LogP contribution in [-0.2, 0) is 4.74 Å². The average molecular weight is 322 g/mol. The number of aliphatic hydroxyl groups excluding tert-OH is 4. The summed E-state index contributed by atoms with van der Waals surface area (Å²) in [5, 5.41) is 48.7. The zero-order chi connectivity index (χ0) is 15.6. The standard InChI is InChI=1S/C13H16O8.Na/c14-5-8-9(15)10(16)11(17)13(21-8)20-7-3-1-6(2-4-7)12(18)19;/h1-4,8-11,13-17H,5H2,(H,18,19);/q;+1/p-1/t8-,9-,10+,11-,13?;/m1./s1. The first-order valence-electron chi connectivity index (χ1n) is 6.22. The fourth-order valence-corrected chi connectivity index (χ4v) is 1.97. The number of ether oxygens (including phenoxy) is 2. The first-order valence-corrected chi connectivity index (χ1v) is 6.22. The van der Waals surface area contributed by atoms with Crippen LogP contribution in [0.2, 0.25) is 0 Å². The van der Waals surface area contributed by atoms with Crippen molar-refractivity contribution in [1.29, 1.82) is 0 Å². The van der Waals surface area contributed by atoms with Gasteiger partial charge in [-0.25, -0.2) is 0 Å². The van der Waals surface area contributed by atoms with Gasteiger partial charge in [0.2, 0.25) is 6.29 Å². The SMILES string of the molecule is O=C([O-])c1ccc(OC2O[C@H](CO)[C@@H](O)[C@H](O)[C@H]2O)cc1.[Na+]. The van der Waals surface area contributed by atoms with Crippen LogP contribution >= 0.6 is 0 Å². The van der Waals surface area contributed by atoms with Gasteiger partial charge >= 0.3 is 29.6 Å². The molecule has 8 nitrogen and oxygen atoms in total. The van der Waals surface area contributed by atoms with Crippen LogP contribution in [0.3, 0.4) is 0 Å². The number of hydrogen-bond acceptors (Lipinski definition) is 8. The minimum Gasteiger partial charge on any atom is -0.545 e. The van der Waals surface area contributed by atoms with Crippen LogP contribution in [0, 0.1) is 0 Å². The van der Waals surface area contributed by atoms with E-state index in [0.717, 1.165) is 0 Å². The Hall–Kier alpha value is -0.710. The second-order valence-electron chi connectivity index (χ2n) is 4.63. The van der Waals surface area contributed by atoms with E-state index < -0.39 is 43.3 Å². The number of carbonyl (C=O) groups excluding carboxylic acids is 1. The quantitative estimate of drug-likeness (QED) is 0.402. The molecule has 1 aromatic carbocycles. The van der Waals surface area contributed by atoms with Crippen LogP contribution in [0.5, 0.6) is 5.75 Å². The van der Waals surface area contributed by atoms with Crippen molar-refractivity contribution < 1.29 is 69.4 Å². The Balaban J connectivity index is 0.00000242. The zero-order valence-electron chi connectivity index (χ0n) is 11.8. The number of benzene rings is 1. The number of aliphatic hydroxyl groups is 4. The Labute approximate surface area is 148 Å². The van der Waals surface area contributed by atoms with Gasteiger partial charge in [-0.05, 0) is 29.8 Å². The van der Waals surface area contributed by atoms with Crippen molar-refractivity contribution in [2.75, 3.05) is 6.61 Å². The summed E-state index contributed by atoms with van der Waals surface area (Å²) in [4.78, 5) is 10.6. The summed E-state index contributed by atoms with van der Waals surface area (Å²) in [6.45, 7) is -0.561. The van der Waals surface area contributed by atoms with E-state index in [1.807, 2.05) is 0 Å². The van der Waals surface area contributed by atoms with Gasteiger partial charge in [0.05, 0.1) is 12.6 Å². The van der Waals surface area contributed by atoms with Gasteiger partial charge in [0.25, 0.3) is 0 Å². The van der Waals surface area contributed by atoms with E-state index in [4.69, 9.17) is 14.6 Å². The van der Waals surface area contributed by atoms with E-state index in [0.29, 0.717) is 0 Å². The number of carbonyl (C=O) groups is 1. The van der Waals surface area contributed by atoms with Gasteiger partial charge in [-0.1, -0.05) is 0 Å². The number of carboxylic acids is 1. The average Bonchev–Trinajstić information content (AvgIpc) is 2.48. The first kappa shape index (κ1) is 19.3. The molecule has 0 aromatic heterocycles. The molecule has 0 aliphatic carbocycles. The van der Waals surface area contributed by atoms with E-state index in [1.54, 1.807) is 0 Å². The van der Waals surface area contributed by atoms with Crippen molar-refractivity contribution in [2.45, 2.75) is 30.7 Å². The molecule has 1 aliphatic rings. The van der Waals surface area contributed by atoms with Crippen molar-refractivity contribution in [3.05, 3.63) is 29.8 Å². The fraction of sp³-hybridized carbons (Fsp3) is 0.462. The maximum Gasteiger partial charge on any atom is 1.00 e. The Morgan fingerprint density at radius 2 is 1.73 bits per heavy atom. The number of carboxylic acid groups (broad SMARTS) is 1. The van der Waals surface area contributed by atoms with E-state index in [-0.39, 0.29) is 40.9 Å². The van der Waals surface area contributed by atoms with Crippen molar-refractivity contribution >= 4 is 5.97 Å². The number of aromatic carboxylic acids is 1. The molecule has 0 bridgehead atoms. The molecule has 1 fully saturated rings. The molecule has 9 heteroatoms. The summed E-state index contributed by atoms with van der Waals surface area (Å²) in [7, 11) is 0. The van der Waals surface area contributed by atoms with Gasteiger partial charge in [0.1, 0.15) is 30.2 Å². The van der Waals surface area contributed by atoms with Crippen LogP contribution in [0.1, 0.15) is 10.4 Å². The van der Waals surface area contributed by atoms with E-state index in [1.165, 1.54) is 24.3 Å². The molecule has 22 heavy (non-hydrogen) atoms. The van der Waals surface area contributed by atoms with Crippen LogP contribution in [0.15, 0.2) is 24.3 Å². The third-order valence-electron chi connectivity index (χ3n) is 3.19. The first-order chi connectivity index (χ1) is 9.93. The second-order valence-corrected chi connectivity index (χ2v) is 4.63. The van der Waals surface area contributed by atoms with Gasteiger partial charge < -0.3 is 39.8 Å². The van der Waals surface area contributed by atoms with E-state index >= 15 is 0 Å². The predicted molar refractivity (Wildman–Crippen MR) is 65.2 cm³/mol. The van der Waals surface area contributed by atoms with Gasteiger partial charge in [-0.3, -0.25) is 0 Å². The molecule has 0 saturated carbocycles. The van der Waals surface area contributed by atoms with Gasteiger partial charge in [-0.15, -0.1) is 0 Å². The minimum atomic E-state index is -1.54. The molecule has 1 aliphatic heterocycles. The summed E-state index contributed by atoms with van der Waals surface area (Å²) in [5.41, 5.74) is -0.0452. The summed E-state index contributed by atoms with van der Waals surface area (Å²) in [5.74, 6) is -1.15. The molecule has 2 rings (SSSR count). The van der Waals surface area contributed by atoms with Crippen LogP contribution in [0.4, 0.5) is 0 Å². The van der Waals surface area contributed by atoms with Crippen molar-refractivity contribution in [3.8, 4) is 5.75 Å². The molecule has 0 amide bonds. The number of hydrogen-bond donors (Lipinski definition) is 4. The molecule has 0 radical (unpaired) electrons. The monoisotopic (exact) mass is 322 g/mol. The van der Waals surface area contributed by atoms with E-state index in [2.05, 4.69) is 0 Å². The van der Waals surface area contributed by atoms with Gasteiger partial charge in [0, 0.05) is 0 Å². The van der Waals surface area contributed by atoms with E-state index in [9.17, 15) is 25.2 Å². The molecular formula is C13H15NaO8. The molecule has 0 spiro atoms. The fourth-order valence-electron chi connectivity index (χ4n) is 1.97. The molecule has 1 unspecified atom stereocenters. The van der Waals surface area contributed by atoms with Crippen LogP contribution in [0.25, 0.3) is 0 Å². The van der Waals surface area contributed by atoms with Gasteiger partial charge in [-0.2, -0.15) is 0 Å². The molecule has 1 aromatic rings. The van der Waals surface area contributed by atoms with Crippen molar-refractivity contribution in [2.24, 2.45) is 0 Å². The molecule has 116 valence electrons. The van der Waals surface area contributed by atoms with Gasteiger partial charge in [0.15, 0.2) is 0 Å². The normalized spacial score (nSPS) is 31.2. The Bertz CT molecular complexity index is 491. The Kier molecular flexibility index (Phi) is 7.23. The Morgan fingerprint density at radius 1 is 1.14 bits per heavy atom. The molecular weight excluding hydrogens is 307 g/mol. The summed E-state index contributed by atoms with van der Waals surface area (Å²) in [6, 6.07) is 5.14. The molecule has 1 heterocycles. The van der Waals surface area contributed by atoms with Crippen LogP contribution in [-0.4, -0.2) is 63.7 Å². The molecule has 1 saturated heterocycles. The third-order valence-corrected chi connectivity index (χ3v) is 3.19. The molecule has 5 atom stereocenters. The third kappa shape index (κ3) is 4.18. The van der Waals surface area contributed by atoms with Crippen molar-refractivity contribution in [3.63, 3.8) is 0 Å². The summed E-state index contributed by atoms with van der Waals surface area (Å²) >= 11 is 0. The Morgan fingerprint density at radius 3 is 2.23 bits per heavy atom. The summed E-state index contributed by atoms with van der Waals surface area (Å²) < 4.78 is 10.4. The second kappa shape index (κ2) is 8.23. The minimum absolute atomic E-state index is 0. The maximum atomic E-state index is 10.6.